The van der Waals surface area contributed by atoms with Crippen LogP contribution in [0.1, 0.15) is 40.0 Å². The minimum Gasteiger partial charge on any atom is -0.317 e. The Morgan fingerprint density at radius 1 is 1.00 bits per heavy atom. The van der Waals surface area contributed by atoms with Crippen LogP contribution in [0, 0.1) is 0 Å². The molecule has 0 aromatic heterocycles. The van der Waals surface area contributed by atoms with Crippen molar-refractivity contribution in [2.75, 3.05) is 25.4 Å². The van der Waals surface area contributed by atoms with Crippen molar-refractivity contribution in [2.24, 2.45) is 0 Å². The van der Waals surface area contributed by atoms with E-state index in [-0.39, 0.29) is 11.8 Å². The predicted molar refractivity (Wildman–Crippen MR) is 92.5 cm³/mol. The highest BCUT2D eigenvalue weighted by Gasteiger charge is 2.34. The molecule has 0 atom stereocenters. The van der Waals surface area contributed by atoms with Crippen molar-refractivity contribution in [3.63, 3.8) is 0 Å². The molecule has 1 heterocycles. The first-order valence-electron chi connectivity index (χ1n) is 7.68. The van der Waals surface area contributed by atoms with Crippen molar-refractivity contribution in [3.05, 3.63) is 35.4 Å². The monoisotopic (exact) mass is 372 g/mol. The van der Waals surface area contributed by atoms with Gasteiger partial charge in [0, 0.05) is 12.3 Å². The van der Waals surface area contributed by atoms with Crippen LogP contribution in [0.2, 0.25) is 0 Å². The maximum Gasteiger partial charge on any atom is 0.319 e. The molecular formula is C15H20N2O5S2. The summed E-state index contributed by atoms with van der Waals surface area (Å²) in [5, 5.41) is 3.16. The SMILES string of the molecule is O=C1c2ccccc2C(=O)N1CCCCNCCCSS(=O)(=O)O. The van der Waals surface area contributed by atoms with Crippen LogP contribution in [0.5, 0.6) is 0 Å². The third-order valence-corrected chi connectivity index (χ3v) is 5.74. The third kappa shape index (κ3) is 5.30. The van der Waals surface area contributed by atoms with Crippen LogP contribution in [-0.2, 0) is 9.15 Å². The molecule has 1 aromatic carbocycles. The Balaban J connectivity index is 1.59. The molecule has 0 unspecified atom stereocenters. The Bertz CT molecular complexity index is 671. The van der Waals surface area contributed by atoms with Crippen molar-refractivity contribution >= 4 is 31.8 Å². The van der Waals surface area contributed by atoms with Crippen LogP contribution >= 0.6 is 10.8 Å². The molecule has 0 spiro atoms. The van der Waals surface area contributed by atoms with Crippen LogP contribution in [0.25, 0.3) is 0 Å². The number of nitrogens with zero attached hydrogens (tertiary/aromatic N) is 1. The number of fused-ring (bicyclic) bond motifs is 1. The van der Waals surface area contributed by atoms with E-state index in [0.717, 1.165) is 13.0 Å². The molecule has 0 fully saturated rings. The van der Waals surface area contributed by atoms with Gasteiger partial charge < -0.3 is 5.32 Å². The van der Waals surface area contributed by atoms with Crippen molar-refractivity contribution in [2.45, 2.75) is 19.3 Å². The first kappa shape index (κ1) is 18.9. The number of hydrogen-bond acceptors (Lipinski definition) is 6. The topological polar surface area (TPSA) is 104 Å². The lowest BCUT2D eigenvalue weighted by Gasteiger charge is -2.13. The average Bonchev–Trinajstić information content (AvgIpc) is 2.77. The van der Waals surface area contributed by atoms with Gasteiger partial charge in [-0.15, -0.1) is 0 Å². The smallest absolute Gasteiger partial charge is 0.317 e. The fourth-order valence-corrected chi connectivity index (χ4v) is 3.91. The Morgan fingerprint density at radius 3 is 2.17 bits per heavy atom. The highest BCUT2D eigenvalue weighted by Crippen LogP contribution is 2.22. The van der Waals surface area contributed by atoms with Gasteiger partial charge in [-0.2, -0.15) is 8.42 Å². The van der Waals surface area contributed by atoms with E-state index in [1.807, 2.05) is 0 Å². The Hall–Kier alpha value is -1.42. The summed E-state index contributed by atoms with van der Waals surface area (Å²) in [7, 11) is -3.43. The van der Waals surface area contributed by atoms with Gasteiger partial charge in [0.25, 0.3) is 11.8 Å². The number of imide groups is 1. The molecule has 0 aliphatic carbocycles. The van der Waals surface area contributed by atoms with E-state index in [1.54, 1.807) is 24.3 Å². The molecule has 9 heteroatoms. The first-order valence-corrected chi connectivity index (χ1v) is 10.6. The average molecular weight is 372 g/mol. The van der Waals surface area contributed by atoms with Gasteiger partial charge in [-0.1, -0.05) is 12.1 Å². The van der Waals surface area contributed by atoms with Crippen LogP contribution in [0.3, 0.4) is 0 Å². The number of unbranched alkanes of at least 4 members (excludes halogenated alkanes) is 1. The largest absolute Gasteiger partial charge is 0.319 e. The van der Waals surface area contributed by atoms with Gasteiger partial charge in [0.1, 0.15) is 0 Å². The second kappa shape index (κ2) is 8.61. The fourth-order valence-electron chi connectivity index (χ4n) is 2.45. The van der Waals surface area contributed by atoms with E-state index in [2.05, 4.69) is 5.32 Å². The maximum absolute atomic E-state index is 12.1. The minimum absolute atomic E-state index is 0.231. The maximum atomic E-state index is 12.1. The van der Waals surface area contributed by atoms with E-state index in [4.69, 9.17) is 4.55 Å². The molecule has 2 amide bonds. The molecule has 2 N–H and O–H groups in total. The van der Waals surface area contributed by atoms with Crippen molar-refractivity contribution in [1.29, 1.82) is 0 Å². The molecule has 1 aliphatic rings. The molecule has 132 valence electrons. The number of carbonyl (C=O) groups is 2. The van der Waals surface area contributed by atoms with Crippen LogP contribution in [-0.4, -0.2) is 55.1 Å². The molecule has 0 saturated carbocycles. The lowest BCUT2D eigenvalue weighted by Crippen LogP contribution is -2.31. The summed E-state index contributed by atoms with van der Waals surface area (Å²) in [6, 6.07) is 6.83. The number of amides is 2. The lowest BCUT2D eigenvalue weighted by atomic mass is 10.1. The van der Waals surface area contributed by atoms with E-state index in [0.29, 0.717) is 53.6 Å². The fraction of sp³-hybridized carbons (Fsp3) is 0.467. The summed E-state index contributed by atoms with van der Waals surface area (Å²) in [5.74, 6) is -0.127. The molecule has 2 rings (SSSR count). The second-order valence-corrected chi connectivity index (χ2v) is 8.84. The van der Waals surface area contributed by atoms with Crippen LogP contribution in [0.4, 0.5) is 0 Å². The molecular weight excluding hydrogens is 352 g/mol. The summed E-state index contributed by atoms with van der Waals surface area (Å²) in [4.78, 5) is 25.6. The molecule has 0 saturated heterocycles. The van der Waals surface area contributed by atoms with E-state index >= 15 is 0 Å². The predicted octanol–water partition coefficient (Wildman–Crippen LogP) is 1.58. The lowest BCUT2D eigenvalue weighted by molar-refractivity contribution is 0.0651. The number of carbonyl (C=O) groups excluding carboxylic acids is 2. The number of hydrogen-bond donors (Lipinski definition) is 2. The highest BCUT2D eigenvalue weighted by molar-refractivity contribution is 8.69. The first-order chi connectivity index (χ1) is 11.4. The number of benzene rings is 1. The van der Waals surface area contributed by atoms with E-state index in [9.17, 15) is 18.0 Å². The van der Waals surface area contributed by atoms with Gasteiger partial charge in [0.2, 0.25) is 0 Å². The summed E-state index contributed by atoms with van der Waals surface area (Å²) < 4.78 is 29.6. The summed E-state index contributed by atoms with van der Waals surface area (Å²) in [6.07, 6.45) is 2.14. The normalized spacial score (nSPS) is 14.3. The minimum atomic E-state index is -3.95. The standard InChI is InChI=1S/C15H20N2O5S2/c18-14-12-6-1-2-7-13(12)15(19)17(14)10-4-3-8-16-9-5-11-23-24(20,21)22/h1-2,6-7,16H,3-5,8-11H2,(H,20,21,22). The summed E-state index contributed by atoms with van der Waals surface area (Å²) in [6.45, 7) is 1.77. The quantitative estimate of drug-likeness (QED) is 0.278. The van der Waals surface area contributed by atoms with Crippen molar-refractivity contribution in [3.8, 4) is 0 Å². The summed E-state index contributed by atoms with van der Waals surface area (Å²) >= 11 is 0. The summed E-state index contributed by atoms with van der Waals surface area (Å²) in [5.41, 5.74) is 0.939. The van der Waals surface area contributed by atoms with E-state index < -0.39 is 9.15 Å². The van der Waals surface area contributed by atoms with Crippen LogP contribution in [0.15, 0.2) is 24.3 Å². The molecule has 24 heavy (non-hydrogen) atoms. The zero-order valence-electron chi connectivity index (χ0n) is 13.1. The number of nitrogens with one attached hydrogen (secondary N) is 1. The van der Waals surface area contributed by atoms with Gasteiger partial charge in [-0.25, -0.2) is 0 Å². The van der Waals surface area contributed by atoms with Gasteiger partial charge in [-0.3, -0.25) is 19.0 Å². The van der Waals surface area contributed by atoms with Crippen molar-refractivity contribution < 1.29 is 22.6 Å². The van der Waals surface area contributed by atoms with Crippen molar-refractivity contribution in [1.82, 2.24) is 10.2 Å². The second-order valence-electron chi connectivity index (χ2n) is 5.37. The van der Waals surface area contributed by atoms with Crippen LogP contribution < -0.4 is 5.32 Å². The molecule has 0 bridgehead atoms. The number of rotatable bonds is 10. The Labute approximate surface area is 144 Å². The molecule has 1 aliphatic heterocycles. The van der Waals surface area contributed by atoms with E-state index in [1.165, 1.54) is 4.90 Å². The van der Waals surface area contributed by atoms with Gasteiger partial charge >= 0.3 is 9.15 Å². The van der Waals surface area contributed by atoms with Gasteiger partial charge in [0.15, 0.2) is 0 Å². The molecule has 7 nitrogen and oxygen atoms in total. The van der Waals surface area contributed by atoms with Gasteiger partial charge in [-0.05, 0) is 55.3 Å². The Kier molecular flexibility index (Phi) is 6.79. The molecule has 0 radical (unpaired) electrons. The highest BCUT2D eigenvalue weighted by atomic mass is 33.1. The zero-order chi connectivity index (χ0) is 17.6. The third-order valence-electron chi connectivity index (χ3n) is 3.59. The molecule has 1 aromatic rings. The zero-order valence-corrected chi connectivity index (χ0v) is 14.7. The van der Waals surface area contributed by atoms with Gasteiger partial charge in [0.05, 0.1) is 11.1 Å². The Morgan fingerprint density at radius 2 is 1.58 bits per heavy atom.